The third-order valence-electron chi connectivity index (χ3n) is 11.2. The second-order valence-corrected chi connectivity index (χ2v) is 13.5. The first-order valence-corrected chi connectivity index (χ1v) is 15.5. The number of ketones is 1. The van der Waals surface area contributed by atoms with Gasteiger partial charge in [-0.05, 0) is 91.9 Å². The van der Waals surface area contributed by atoms with Crippen LogP contribution in [0.15, 0.2) is 41.1 Å². The molecule has 0 aliphatic heterocycles. The zero-order valence-corrected chi connectivity index (χ0v) is 25.6. The molecular formula is C33H44N2O9. The first-order chi connectivity index (χ1) is 20.9. The first kappa shape index (κ1) is 32.1. The summed E-state index contributed by atoms with van der Waals surface area (Å²) in [5, 5.41) is 48.9. The number of fused-ring (bicyclic) bond motifs is 5. The average Bonchev–Trinajstić information content (AvgIpc) is 3.27. The summed E-state index contributed by atoms with van der Waals surface area (Å²) in [4.78, 5) is 42.9. The Kier molecular flexibility index (Phi) is 8.94. The molecule has 1 amide bonds. The minimum Gasteiger partial charge on any atom is -0.508 e. The molecule has 5 N–H and O–H groups in total. The van der Waals surface area contributed by atoms with Crippen molar-refractivity contribution in [2.24, 2.45) is 33.7 Å². The number of hydrogen-bond acceptors (Lipinski definition) is 10. The number of hydrogen-bond donors (Lipinski definition) is 5. The molecule has 4 aliphatic rings. The molecule has 0 bridgehead atoms. The Balaban J connectivity index is 1.23. The normalized spacial score (nSPS) is 35.9. The van der Waals surface area contributed by atoms with Gasteiger partial charge in [-0.2, -0.15) is 0 Å². The number of aromatic hydroxyl groups is 1. The van der Waals surface area contributed by atoms with Crippen molar-refractivity contribution in [2.45, 2.75) is 83.0 Å². The van der Waals surface area contributed by atoms with Gasteiger partial charge in [0, 0.05) is 11.8 Å². The van der Waals surface area contributed by atoms with E-state index in [2.05, 4.69) is 17.4 Å². The predicted molar refractivity (Wildman–Crippen MR) is 159 cm³/mol. The fourth-order valence-electron chi connectivity index (χ4n) is 8.98. The van der Waals surface area contributed by atoms with Crippen LogP contribution in [0.4, 0.5) is 0 Å². The van der Waals surface area contributed by atoms with E-state index in [-0.39, 0.29) is 41.9 Å². The molecule has 0 unspecified atom stereocenters. The van der Waals surface area contributed by atoms with E-state index in [4.69, 9.17) is 9.57 Å². The number of carbonyl (C=O) groups excluding carboxylic acids is 3. The van der Waals surface area contributed by atoms with Crippen molar-refractivity contribution in [3.05, 3.63) is 41.5 Å². The lowest BCUT2D eigenvalue weighted by Gasteiger charge is -2.60. The van der Waals surface area contributed by atoms with Gasteiger partial charge in [0.1, 0.15) is 24.0 Å². The molecular weight excluding hydrogens is 568 g/mol. The summed E-state index contributed by atoms with van der Waals surface area (Å²) < 4.78 is 4.83. The number of Topliss-reactive ketones (excluding diaryl/α,β-unsaturated/α-hetero) is 1. The smallest absolute Gasteiger partial charge is 0.328 e. The molecule has 0 aromatic heterocycles. The van der Waals surface area contributed by atoms with Crippen molar-refractivity contribution < 1.29 is 44.4 Å². The summed E-state index contributed by atoms with van der Waals surface area (Å²) >= 11 is 0. The van der Waals surface area contributed by atoms with Gasteiger partial charge >= 0.3 is 5.97 Å². The summed E-state index contributed by atoms with van der Waals surface area (Å²) in [6, 6.07) is 5.40. The van der Waals surface area contributed by atoms with Gasteiger partial charge in [0.05, 0.1) is 18.9 Å². The molecule has 3 fully saturated rings. The lowest BCUT2D eigenvalue weighted by Crippen LogP contribution is -2.62. The molecule has 0 radical (unpaired) electrons. The van der Waals surface area contributed by atoms with E-state index in [0.29, 0.717) is 31.4 Å². The van der Waals surface area contributed by atoms with Crippen LogP contribution in [0, 0.1) is 28.6 Å². The summed E-state index contributed by atoms with van der Waals surface area (Å²) in [5.41, 5.74) is -0.0499. The maximum absolute atomic E-state index is 12.6. The molecule has 0 spiro atoms. The van der Waals surface area contributed by atoms with E-state index < -0.39 is 47.4 Å². The van der Waals surface area contributed by atoms with Crippen LogP contribution in [0.25, 0.3) is 0 Å². The highest BCUT2D eigenvalue weighted by atomic mass is 16.6. The number of aliphatic hydroxyl groups excluding tert-OH is 2. The van der Waals surface area contributed by atoms with Gasteiger partial charge in [-0.1, -0.05) is 36.7 Å². The number of allylic oxidation sites excluding steroid dienone is 2. The fraction of sp³-hybridized carbons (Fsp3) is 0.636. The number of oxime groups is 1. The third kappa shape index (κ3) is 5.54. The summed E-state index contributed by atoms with van der Waals surface area (Å²) in [6.45, 7) is 3.01. The minimum absolute atomic E-state index is 0.0239. The van der Waals surface area contributed by atoms with Crippen molar-refractivity contribution >= 4 is 23.4 Å². The second-order valence-electron chi connectivity index (χ2n) is 13.5. The summed E-state index contributed by atoms with van der Waals surface area (Å²) in [6.07, 6.45) is 5.75. The van der Waals surface area contributed by atoms with Gasteiger partial charge in [-0.25, -0.2) is 4.79 Å². The largest absolute Gasteiger partial charge is 0.508 e. The van der Waals surface area contributed by atoms with Crippen LogP contribution in [0.5, 0.6) is 5.75 Å². The van der Waals surface area contributed by atoms with Crippen molar-refractivity contribution in [3.8, 4) is 5.75 Å². The Morgan fingerprint density at radius 2 is 1.84 bits per heavy atom. The van der Waals surface area contributed by atoms with Gasteiger partial charge in [0.2, 0.25) is 0 Å². The van der Waals surface area contributed by atoms with Crippen LogP contribution in [0.1, 0.15) is 64.4 Å². The van der Waals surface area contributed by atoms with E-state index in [1.807, 2.05) is 13.0 Å². The zero-order chi connectivity index (χ0) is 31.9. The minimum atomic E-state index is -1.62. The van der Waals surface area contributed by atoms with Gasteiger partial charge in [0.15, 0.2) is 12.4 Å². The maximum Gasteiger partial charge on any atom is 0.328 e. The van der Waals surface area contributed by atoms with Crippen molar-refractivity contribution in [2.75, 3.05) is 20.3 Å². The monoisotopic (exact) mass is 612 g/mol. The van der Waals surface area contributed by atoms with Crippen LogP contribution in [-0.2, 0) is 30.4 Å². The van der Waals surface area contributed by atoms with Gasteiger partial charge < -0.3 is 35.3 Å². The zero-order valence-electron chi connectivity index (χ0n) is 25.6. The second kappa shape index (κ2) is 12.3. The van der Waals surface area contributed by atoms with E-state index in [1.54, 1.807) is 12.1 Å². The van der Waals surface area contributed by atoms with Crippen LogP contribution in [0.2, 0.25) is 0 Å². The molecule has 1 aromatic rings. The Hall–Kier alpha value is -3.28. The number of phenols is 1. The van der Waals surface area contributed by atoms with Crippen LogP contribution < -0.4 is 5.32 Å². The number of amides is 1. The molecule has 3 saturated carbocycles. The van der Waals surface area contributed by atoms with E-state index in [9.17, 15) is 34.8 Å². The molecule has 44 heavy (non-hydrogen) atoms. The summed E-state index contributed by atoms with van der Waals surface area (Å²) in [7, 11) is 1.25. The number of phenolic OH excluding ortho intramolecular Hbond substituents is 1. The SMILES string of the molecule is COC(=O)[C@H](Cc1ccc(O)cc1)NC(=O)CO/N=C1/C=C2CC[C@H]3[C@H]([C@H](O)C[C@@]4(C)[C@H]3CC[C@]4(O)C(=O)CO)[C@@]2(C)CC1. The molecule has 240 valence electrons. The number of benzene rings is 1. The highest BCUT2D eigenvalue weighted by molar-refractivity contribution is 5.96. The number of rotatable bonds is 9. The Bertz CT molecular complexity index is 1340. The van der Waals surface area contributed by atoms with Gasteiger partial charge in [-0.3, -0.25) is 9.59 Å². The maximum atomic E-state index is 12.6. The lowest BCUT2D eigenvalue weighted by molar-refractivity contribution is -0.181. The number of carbonyl (C=O) groups is 3. The number of esters is 1. The standard InChI is InChI=1S/C33H44N2O9/c1-31-12-10-21(35-44-18-28(40)34-25(30(41)43-3)14-19-4-7-22(37)8-5-19)15-20(31)6-9-23-24-11-13-33(42,27(39)17-36)32(24,2)16-26(38)29(23)31/h4-5,7-8,15,23-26,29,36-38,42H,6,9-14,16-18H2,1-3H3,(H,34,40)/b35-21+/t23-,24+,25+,26-,29-,31+,32+,33+/m1/s1. The first-order valence-electron chi connectivity index (χ1n) is 15.5. The lowest BCUT2D eigenvalue weighted by atomic mass is 9.45. The topological polar surface area (TPSA) is 175 Å². The van der Waals surface area contributed by atoms with E-state index in [0.717, 1.165) is 24.8 Å². The molecule has 11 nitrogen and oxygen atoms in total. The Labute approximate surface area is 257 Å². The molecule has 5 rings (SSSR count). The van der Waals surface area contributed by atoms with Crippen molar-refractivity contribution in [1.82, 2.24) is 5.32 Å². The van der Waals surface area contributed by atoms with Crippen LogP contribution in [0.3, 0.4) is 0 Å². The highest BCUT2D eigenvalue weighted by Gasteiger charge is 2.68. The number of nitrogens with one attached hydrogen (secondary N) is 1. The molecule has 11 heteroatoms. The number of ether oxygens (including phenoxy) is 1. The molecule has 4 aliphatic carbocycles. The van der Waals surface area contributed by atoms with E-state index >= 15 is 0 Å². The molecule has 1 aromatic carbocycles. The third-order valence-corrected chi connectivity index (χ3v) is 11.2. The summed E-state index contributed by atoms with van der Waals surface area (Å²) in [5.74, 6) is -1.38. The Morgan fingerprint density at radius 1 is 1.11 bits per heavy atom. The number of aliphatic hydroxyl groups is 3. The van der Waals surface area contributed by atoms with Gasteiger partial charge in [0.25, 0.3) is 5.91 Å². The van der Waals surface area contributed by atoms with Gasteiger partial charge in [-0.15, -0.1) is 0 Å². The van der Waals surface area contributed by atoms with Crippen LogP contribution in [-0.4, -0.2) is 81.9 Å². The predicted octanol–water partition coefficient (Wildman–Crippen LogP) is 2.19. The number of methoxy groups -OCH3 is 1. The molecule has 8 atom stereocenters. The van der Waals surface area contributed by atoms with E-state index in [1.165, 1.54) is 24.8 Å². The number of nitrogens with zero attached hydrogens (tertiary/aromatic N) is 1. The highest BCUT2D eigenvalue weighted by Crippen LogP contribution is 2.67. The quantitative estimate of drug-likeness (QED) is 0.207. The fourth-order valence-corrected chi connectivity index (χ4v) is 8.98. The molecule has 0 saturated heterocycles. The van der Waals surface area contributed by atoms with Crippen molar-refractivity contribution in [3.63, 3.8) is 0 Å². The Morgan fingerprint density at radius 3 is 2.52 bits per heavy atom. The average molecular weight is 613 g/mol. The van der Waals surface area contributed by atoms with Crippen LogP contribution >= 0.6 is 0 Å². The van der Waals surface area contributed by atoms with Crippen molar-refractivity contribution in [1.29, 1.82) is 0 Å². The molecule has 0 heterocycles.